The van der Waals surface area contributed by atoms with Crippen LogP contribution in [0.2, 0.25) is 0 Å². The predicted molar refractivity (Wildman–Crippen MR) is 83.1 cm³/mol. The molecule has 1 amide bonds. The summed E-state index contributed by atoms with van der Waals surface area (Å²) < 4.78 is 7.23. The van der Waals surface area contributed by atoms with Crippen LogP contribution in [-0.4, -0.2) is 32.8 Å². The van der Waals surface area contributed by atoms with Crippen molar-refractivity contribution in [3.63, 3.8) is 0 Å². The summed E-state index contributed by atoms with van der Waals surface area (Å²) in [6.45, 7) is 6.61. The Hall–Kier alpha value is -2.21. The zero-order valence-electron chi connectivity index (χ0n) is 13.2. The number of nitrogens with one attached hydrogen (secondary N) is 1. The van der Waals surface area contributed by atoms with E-state index in [4.69, 9.17) is 4.74 Å². The molecule has 6 heteroatoms. The van der Waals surface area contributed by atoms with Gasteiger partial charge in [0.05, 0.1) is 18.8 Å². The van der Waals surface area contributed by atoms with Crippen molar-refractivity contribution in [2.75, 3.05) is 6.61 Å². The van der Waals surface area contributed by atoms with Crippen LogP contribution in [-0.2, 0) is 16.1 Å². The number of carbonyl (C=O) groups excluding carboxylic acids is 1. The van der Waals surface area contributed by atoms with Gasteiger partial charge in [-0.05, 0) is 26.3 Å². The van der Waals surface area contributed by atoms with Crippen molar-refractivity contribution in [3.05, 3.63) is 48.5 Å². The molecule has 0 aliphatic carbocycles. The lowest BCUT2D eigenvalue weighted by atomic mass is 10.1. The van der Waals surface area contributed by atoms with Gasteiger partial charge in [0, 0.05) is 0 Å². The van der Waals surface area contributed by atoms with E-state index >= 15 is 0 Å². The lowest BCUT2D eigenvalue weighted by Gasteiger charge is -2.27. The fraction of sp³-hybridized carbons (Fsp3) is 0.438. The average Bonchev–Trinajstić information content (AvgIpc) is 3.01. The molecule has 1 aromatic carbocycles. The molecular formula is C16H22N4O2. The summed E-state index contributed by atoms with van der Waals surface area (Å²) in [6.07, 6.45) is 2.95. The third kappa shape index (κ3) is 4.66. The minimum Gasteiger partial charge on any atom is -0.374 e. The summed E-state index contributed by atoms with van der Waals surface area (Å²) in [5, 5.41) is 6.96. The van der Waals surface area contributed by atoms with Crippen molar-refractivity contribution in [3.8, 4) is 0 Å². The number of aromatic nitrogens is 3. The Labute approximate surface area is 130 Å². The van der Waals surface area contributed by atoms with E-state index in [1.54, 1.807) is 6.92 Å². The number of nitrogens with zero attached hydrogens (tertiary/aromatic N) is 3. The molecule has 1 atom stereocenters. The van der Waals surface area contributed by atoms with Crippen LogP contribution in [0.5, 0.6) is 0 Å². The van der Waals surface area contributed by atoms with E-state index < -0.39 is 11.6 Å². The van der Waals surface area contributed by atoms with Gasteiger partial charge in [-0.3, -0.25) is 4.79 Å². The highest BCUT2D eigenvalue weighted by Gasteiger charge is 2.25. The molecule has 0 saturated heterocycles. The molecule has 0 fully saturated rings. The van der Waals surface area contributed by atoms with E-state index in [2.05, 4.69) is 15.4 Å². The first-order valence-electron chi connectivity index (χ1n) is 7.26. The van der Waals surface area contributed by atoms with Crippen LogP contribution in [0, 0.1) is 0 Å². The zero-order valence-corrected chi connectivity index (χ0v) is 13.2. The van der Waals surface area contributed by atoms with Crippen molar-refractivity contribution >= 4 is 5.91 Å². The molecule has 0 radical (unpaired) electrons. The lowest BCUT2D eigenvalue weighted by Crippen LogP contribution is -2.49. The predicted octanol–water partition coefficient (Wildman–Crippen LogP) is 1.95. The fourth-order valence-corrected chi connectivity index (χ4v) is 2.01. The monoisotopic (exact) mass is 302 g/mol. The number of hydrogen-bond acceptors (Lipinski definition) is 4. The standard InChI is InChI=1S/C16H22N4O2/c1-13(20-12-17-11-18-20)15(21)19-16(2,3)10-22-9-14-7-5-4-6-8-14/h4-8,11-13H,9-10H2,1-3H3,(H,19,21)/t13-/m1/s1. The van der Waals surface area contributed by atoms with Crippen LogP contribution < -0.4 is 5.32 Å². The number of amides is 1. The van der Waals surface area contributed by atoms with Gasteiger partial charge < -0.3 is 10.1 Å². The average molecular weight is 302 g/mol. The molecule has 0 spiro atoms. The zero-order chi connectivity index (χ0) is 16.0. The van der Waals surface area contributed by atoms with Gasteiger partial charge >= 0.3 is 0 Å². The summed E-state index contributed by atoms with van der Waals surface area (Å²) in [5.74, 6) is -0.112. The maximum atomic E-state index is 12.2. The summed E-state index contributed by atoms with van der Waals surface area (Å²) in [6, 6.07) is 9.54. The second-order valence-electron chi connectivity index (χ2n) is 5.90. The molecule has 118 valence electrons. The van der Waals surface area contributed by atoms with Crippen LogP contribution in [0.15, 0.2) is 43.0 Å². The Kier molecular flexibility index (Phi) is 5.27. The van der Waals surface area contributed by atoms with Crippen molar-refractivity contribution in [2.45, 2.75) is 39.0 Å². The second-order valence-corrected chi connectivity index (χ2v) is 5.90. The normalized spacial score (nSPS) is 12.9. The Morgan fingerprint density at radius 1 is 1.36 bits per heavy atom. The highest BCUT2D eigenvalue weighted by atomic mass is 16.5. The molecule has 1 heterocycles. The molecule has 2 aromatic rings. The van der Waals surface area contributed by atoms with Crippen molar-refractivity contribution in [2.24, 2.45) is 0 Å². The SMILES string of the molecule is C[C@H](C(=O)NC(C)(C)COCc1ccccc1)n1cncn1. The Morgan fingerprint density at radius 2 is 2.09 bits per heavy atom. The van der Waals surface area contributed by atoms with Gasteiger partial charge in [0.15, 0.2) is 0 Å². The molecule has 0 unspecified atom stereocenters. The van der Waals surface area contributed by atoms with Crippen molar-refractivity contribution in [1.29, 1.82) is 0 Å². The van der Waals surface area contributed by atoms with Gasteiger partial charge in [-0.1, -0.05) is 30.3 Å². The summed E-state index contributed by atoms with van der Waals surface area (Å²) in [5.41, 5.74) is 0.654. The van der Waals surface area contributed by atoms with Crippen LogP contribution in [0.1, 0.15) is 32.4 Å². The smallest absolute Gasteiger partial charge is 0.245 e. The maximum Gasteiger partial charge on any atom is 0.245 e. The molecule has 2 rings (SSSR count). The van der Waals surface area contributed by atoms with E-state index in [0.717, 1.165) is 5.56 Å². The molecule has 0 aliphatic heterocycles. The Bertz CT molecular complexity index is 581. The van der Waals surface area contributed by atoms with Crippen molar-refractivity contribution < 1.29 is 9.53 Å². The highest BCUT2D eigenvalue weighted by molar-refractivity contribution is 5.80. The maximum absolute atomic E-state index is 12.2. The van der Waals surface area contributed by atoms with E-state index in [0.29, 0.717) is 13.2 Å². The summed E-state index contributed by atoms with van der Waals surface area (Å²) in [7, 11) is 0. The first kappa shape index (κ1) is 16.2. The molecule has 1 N–H and O–H groups in total. The molecule has 0 saturated carbocycles. The first-order valence-corrected chi connectivity index (χ1v) is 7.26. The Morgan fingerprint density at radius 3 is 2.73 bits per heavy atom. The van der Waals surface area contributed by atoms with Crippen LogP contribution in [0.4, 0.5) is 0 Å². The molecule has 0 aliphatic rings. The van der Waals surface area contributed by atoms with E-state index in [9.17, 15) is 4.79 Å². The largest absolute Gasteiger partial charge is 0.374 e. The van der Waals surface area contributed by atoms with Crippen LogP contribution >= 0.6 is 0 Å². The van der Waals surface area contributed by atoms with Gasteiger partial charge in [-0.25, -0.2) is 9.67 Å². The van der Waals surface area contributed by atoms with E-state index in [1.807, 2.05) is 44.2 Å². The fourth-order valence-electron chi connectivity index (χ4n) is 2.01. The quantitative estimate of drug-likeness (QED) is 0.849. The first-order chi connectivity index (χ1) is 10.5. The number of ether oxygens (including phenoxy) is 1. The van der Waals surface area contributed by atoms with Gasteiger partial charge in [-0.2, -0.15) is 5.10 Å². The topological polar surface area (TPSA) is 69.0 Å². The highest BCUT2D eigenvalue weighted by Crippen LogP contribution is 2.10. The van der Waals surface area contributed by atoms with Gasteiger partial charge in [0.2, 0.25) is 5.91 Å². The summed E-state index contributed by atoms with van der Waals surface area (Å²) in [4.78, 5) is 16.1. The lowest BCUT2D eigenvalue weighted by molar-refractivity contribution is -0.126. The molecular weight excluding hydrogens is 280 g/mol. The van der Waals surface area contributed by atoms with Gasteiger partial charge in [0.1, 0.15) is 18.7 Å². The van der Waals surface area contributed by atoms with E-state index in [-0.39, 0.29) is 5.91 Å². The number of benzene rings is 1. The van der Waals surface area contributed by atoms with E-state index in [1.165, 1.54) is 17.3 Å². The van der Waals surface area contributed by atoms with Gasteiger partial charge in [0.25, 0.3) is 0 Å². The minimum atomic E-state index is -0.458. The molecule has 1 aromatic heterocycles. The van der Waals surface area contributed by atoms with Gasteiger partial charge in [-0.15, -0.1) is 0 Å². The van der Waals surface area contributed by atoms with Crippen molar-refractivity contribution in [1.82, 2.24) is 20.1 Å². The second kappa shape index (κ2) is 7.17. The summed E-state index contributed by atoms with van der Waals surface area (Å²) >= 11 is 0. The number of carbonyl (C=O) groups is 1. The molecule has 0 bridgehead atoms. The van der Waals surface area contributed by atoms with Crippen LogP contribution in [0.25, 0.3) is 0 Å². The Balaban J connectivity index is 1.81. The van der Waals surface area contributed by atoms with Crippen LogP contribution in [0.3, 0.4) is 0 Å². The third-order valence-corrected chi connectivity index (χ3v) is 3.25. The minimum absolute atomic E-state index is 0.112. The number of rotatable bonds is 7. The molecule has 22 heavy (non-hydrogen) atoms. The third-order valence-electron chi connectivity index (χ3n) is 3.25. The molecule has 6 nitrogen and oxygen atoms in total. The number of hydrogen-bond donors (Lipinski definition) is 1.